The fourth-order valence-corrected chi connectivity index (χ4v) is 4.30. The van der Waals surface area contributed by atoms with Gasteiger partial charge in [0.15, 0.2) is 5.82 Å². The molecular formula is C24H27N5O2. The van der Waals surface area contributed by atoms with Crippen LogP contribution in [-0.2, 0) is 13.5 Å². The van der Waals surface area contributed by atoms with E-state index in [1.807, 2.05) is 25.1 Å². The normalized spacial score (nSPS) is 17.1. The van der Waals surface area contributed by atoms with Crippen molar-refractivity contribution in [2.45, 2.75) is 46.6 Å². The second kappa shape index (κ2) is 7.72. The third-order valence-electron chi connectivity index (χ3n) is 6.02. The minimum atomic E-state index is -0.357. The lowest BCUT2D eigenvalue weighted by Crippen LogP contribution is -2.40. The zero-order valence-corrected chi connectivity index (χ0v) is 18.6. The average Bonchev–Trinajstić information content (AvgIpc) is 2.71. The molecule has 0 saturated heterocycles. The Labute approximate surface area is 181 Å². The smallest absolute Gasteiger partial charge is 0.263 e. The molecule has 1 aliphatic rings. The van der Waals surface area contributed by atoms with E-state index in [9.17, 15) is 9.59 Å². The third kappa shape index (κ3) is 4.00. The van der Waals surface area contributed by atoms with E-state index >= 15 is 0 Å². The highest BCUT2D eigenvalue weighted by Gasteiger charge is 2.35. The first kappa shape index (κ1) is 20.9. The molecule has 0 fully saturated rings. The standard InChI is InChI=1S/C24H27N5O2/c1-14-10-15(2)29(5)23(31)20(14)22(30)28-19-12-24(3,4)11-18-17(19)13-26-21(27-18)16-6-8-25-9-7-16/h6-10,13,19H,11-12H2,1-5H3,(H,28,30). The van der Waals surface area contributed by atoms with Crippen LogP contribution in [0.15, 0.2) is 41.6 Å². The molecule has 3 heterocycles. The molecule has 7 nitrogen and oxygen atoms in total. The number of carbonyl (C=O) groups excluding carboxylic acids is 1. The Morgan fingerprint density at radius 2 is 1.94 bits per heavy atom. The van der Waals surface area contributed by atoms with Gasteiger partial charge in [0.2, 0.25) is 0 Å². The average molecular weight is 418 g/mol. The predicted octanol–water partition coefficient (Wildman–Crippen LogP) is 3.30. The first-order valence-corrected chi connectivity index (χ1v) is 10.4. The molecular weight excluding hydrogens is 390 g/mol. The summed E-state index contributed by atoms with van der Waals surface area (Å²) in [5, 5.41) is 3.09. The number of nitrogens with one attached hydrogen (secondary N) is 1. The van der Waals surface area contributed by atoms with Gasteiger partial charge in [-0.2, -0.15) is 0 Å². The van der Waals surface area contributed by atoms with Gasteiger partial charge in [0.05, 0.1) is 11.7 Å². The molecule has 0 aliphatic heterocycles. The van der Waals surface area contributed by atoms with E-state index in [-0.39, 0.29) is 28.5 Å². The Morgan fingerprint density at radius 1 is 1.23 bits per heavy atom. The maximum Gasteiger partial charge on any atom is 0.263 e. The minimum Gasteiger partial charge on any atom is -0.345 e. The van der Waals surface area contributed by atoms with Crippen molar-refractivity contribution in [2.24, 2.45) is 12.5 Å². The first-order valence-electron chi connectivity index (χ1n) is 10.4. The Hall–Kier alpha value is -3.35. The van der Waals surface area contributed by atoms with Crippen molar-refractivity contribution in [3.8, 4) is 11.4 Å². The molecule has 31 heavy (non-hydrogen) atoms. The second-order valence-electron chi connectivity index (χ2n) is 9.11. The molecule has 1 atom stereocenters. The van der Waals surface area contributed by atoms with Crippen LogP contribution >= 0.6 is 0 Å². The number of aryl methyl sites for hydroxylation is 2. The van der Waals surface area contributed by atoms with Gasteiger partial charge in [0.1, 0.15) is 5.56 Å². The summed E-state index contributed by atoms with van der Waals surface area (Å²) in [7, 11) is 1.68. The zero-order chi connectivity index (χ0) is 22.3. The van der Waals surface area contributed by atoms with E-state index in [1.54, 1.807) is 32.6 Å². The quantitative estimate of drug-likeness (QED) is 0.706. The van der Waals surface area contributed by atoms with Gasteiger partial charge < -0.3 is 9.88 Å². The maximum absolute atomic E-state index is 13.2. The van der Waals surface area contributed by atoms with Crippen LogP contribution < -0.4 is 10.9 Å². The molecule has 0 spiro atoms. The number of hydrogen-bond donors (Lipinski definition) is 1. The molecule has 4 rings (SSSR count). The fourth-order valence-electron chi connectivity index (χ4n) is 4.30. The van der Waals surface area contributed by atoms with Crippen molar-refractivity contribution in [1.82, 2.24) is 24.8 Å². The van der Waals surface area contributed by atoms with Crippen molar-refractivity contribution in [3.63, 3.8) is 0 Å². The summed E-state index contributed by atoms with van der Waals surface area (Å²) >= 11 is 0. The highest BCUT2D eigenvalue weighted by molar-refractivity contribution is 5.95. The van der Waals surface area contributed by atoms with Crippen LogP contribution in [-0.4, -0.2) is 25.4 Å². The molecule has 0 saturated carbocycles. The van der Waals surface area contributed by atoms with Crippen LogP contribution in [0.3, 0.4) is 0 Å². The molecule has 160 valence electrons. The van der Waals surface area contributed by atoms with E-state index in [1.165, 1.54) is 4.57 Å². The molecule has 1 N–H and O–H groups in total. The molecule has 3 aromatic rings. The van der Waals surface area contributed by atoms with Gasteiger partial charge in [0.25, 0.3) is 11.5 Å². The Morgan fingerprint density at radius 3 is 2.65 bits per heavy atom. The monoisotopic (exact) mass is 417 g/mol. The van der Waals surface area contributed by atoms with Gasteiger partial charge in [-0.15, -0.1) is 0 Å². The molecule has 1 unspecified atom stereocenters. The van der Waals surface area contributed by atoms with Gasteiger partial charge in [-0.1, -0.05) is 13.8 Å². The number of amides is 1. The minimum absolute atomic E-state index is 0.0535. The van der Waals surface area contributed by atoms with Crippen LogP contribution in [0.1, 0.15) is 59.2 Å². The Bertz CT molecular complexity index is 1210. The largest absolute Gasteiger partial charge is 0.345 e. The molecule has 0 radical (unpaired) electrons. The van der Waals surface area contributed by atoms with E-state index in [0.29, 0.717) is 11.4 Å². The Balaban J connectivity index is 1.70. The lowest BCUT2D eigenvalue weighted by atomic mass is 9.74. The van der Waals surface area contributed by atoms with Gasteiger partial charge >= 0.3 is 0 Å². The van der Waals surface area contributed by atoms with Crippen molar-refractivity contribution in [1.29, 1.82) is 0 Å². The van der Waals surface area contributed by atoms with Gasteiger partial charge in [-0.05, 0) is 55.9 Å². The van der Waals surface area contributed by atoms with E-state index in [2.05, 4.69) is 29.1 Å². The van der Waals surface area contributed by atoms with Crippen LogP contribution in [0.2, 0.25) is 0 Å². The lowest BCUT2D eigenvalue weighted by molar-refractivity contribution is 0.0916. The summed E-state index contributed by atoms with van der Waals surface area (Å²) in [4.78, 5) is 39.3. The summed E-state index contributed by atoms with van der Waals surface area (Å²) < 4.78 is 1.50. The summed E-state index contributed by atoms with van der Waals surface area (Å²) in [5.41, 5.74) is 4.09. The van der Waals surface area contributed by atoms with E-state index < -0.39 is 0 Å². The summed E-state index contributed by atoms with van der Waals surface area (Å²) in [5.74, 6) is 0.289. The van der Waals surface area contributed by atoms with Crippen LogP contribution in [0.25, 0.3) is 11.4 Å². The number of nitrogens with zero attached hydrogens (tertiary/aromatic N) is 4. The van der Waals surface area contributed by atoms with Crippen LogP contribution in [0.4, 0.5) is 0 Å². The predicted molar refractivity (Wildman–Crippen MR) is 119 cm³/mol. The molecule has 0 bridgehead atoms. The first-order chi connectivity index (χ1) is 14.7. The third-order valence-corrected chi connectivity index (χ3v) is 6.02. The maximum atomic E-state index is 13.2. The summed E-state index contributed by atoms with van der Waals surface area (Å²) in [6.45, 7) is 7.98. The van der Waals surface area contributed by atoms with Crippen LogP contribution in [0.5, 0.6) is 0 Å². The molecule has 3 aromatic heterocycles. The van der Waals surface area contributed by atoms with Gasteiger partial charge in [-0.3, -0.25) is 14.6 Å². The number of aromatic nitrogens is 4. The van der Waals surface area contributed by atoms with E-state index in [0.717, 1.165) is 35.4 Å². The number of carbonyl (C=O) groups is 1. The van der Waals surface area contributed by atoms with Crippen molar-refractivity contribution in [2.75, 3.05) is 0 Å². The Kier molecular flexibility index (Phi) is 5.21. The highest BCUT2D eigenvalue weighted by atomic mass is 16.2. The topological polar surface area (TPSA) is 89.8 Å². The second-order valence-corrected chi connectivity index (χ2v) is 9.11. The number of rotatable bonds is 3. The molecule has 1 aliphatic carbocycles. The number of pyridine rings is 2. The van der Waals surface area contributed by atoms with Crippen molar-refractivity contribution in [3.05, 3.63) is 75.2 Å². The number of hydrogen-bond acceptors (Lipinski definition) is 5. The molecule has 1 amide bonds. The molecule has 0 aromatic carbocycles. The van der Waals surface area contributed by atoms with Crippen molar-refractivity contribution < 1.29 is 4.79 Å². The summed E-state index contributed by atoms with van der Waals surface area (Å²) in [6, 6.07) is 5.36. The van der Waals surface area contributed by atoms with E-state index in [4.69, 9.17) is 4.98 Å². The lowest BCUT2D eigenvalue weighted by Gasteiger charge is -2.36. The fraction of sp³-hybridized carbons (Fsp3) is 0.375. The highest BCUT2D eigenvalue weighted by Crippen LogP contribution is 2.40. The molecule has 7 heteroatoms. The van der Waals surface area contributed by atoms with Crippen LogP contribution in [0, 0.1) is 19.3 Å². The zero-order valence-electron chi connectivity index (χ0n) is 18.6. The SMILES string of the molecule is Cc1cc(C)n(C)c(=O)c1C(=O)NC1CC(C)(C)Cc2nc(-c3ccncc3)ncc21. The number of fused-ring (bicyclic) bond motifs is 1. The van der Waals surface area contributed by atoms with Gasteiger partial charge in [0, 0.05) is 42.5 Å². The summed E-state index contributed by atoms with van der Waals surface area (Å²) in [6.07, 6.45) is 6.78. The van der Waals surface area contributed by atoms with Crippen molar-refractivity contribution >= 4 is 5.91 Å². The van der Waals surface area contributed by atoms with Gasteiger partial charge in [-0.25, -0.2) is 9.97 Å².